The molecule has 0 aliphatic heterocycles. The quantitative estimate of drug-likeness (QED) is 0.854. The highest BCUT2D eigenvalue weighted by atomic mass is 79.9. The van der Waals surface area contributed by atoms with Gasteiger partial charge in [0.2, 0.25) is 0 Å². The van der Waals surface area contributed by atoms with Crippen LogP contribution in [0.4, 0.5) is 5.69 Å². The number of nitrogens with two attached hydrogens (primary N) is 1. The highest BCUT2D eigenvalue weighted by Crippen LogP contribution is 2.26. The number of hydrogen-bond acceptors (Lipinski definition) is 2. The molecule has 0 heterocycles. The van der Waals surface area contributed by atoms with Gasteiger partial charge in [0, 0.05) is 15.7 Å². The summed E-state index contributed by atoms with van der Waals surface area (Å²) in [5.74, 6) is 0. The lowest BCUT2D eigenvalue weighted by molar-refractivity contribution is 0.0526. The third-order valence-corrected chi connectivity index (χ3v) is 3.64. The largest absolute Gasteiger partial charge is 0.398 e. The summed E-state index contributed by atoms with van der Waals surface area (Å²) in [7, 11) is 0. The Bertz CT molecular complexity index is 493. The molecule has 2 nitrogen and oxygen atoms in total. The normalized spacial score (nSPS) is 12.3. The summed E-state index contributed by atoms with van der Waals surface area (Å²) < 4.78 is 6.85. The Morgan fingerprint density at radius 2 is 1.83 bits per heavy atom. The summed E-state index contributed by atoms with van der Waals surface area (Å²) in [4.78, 5) is 0. The van der Waals surface area contributed by atoms with Crippen LogP contribution >= 0.6 is 15.9 Å². The molecule has 18 heavy (non-hydrogen) atoms. The third-order valence-electron chi connectivity index (χ3n) is 2.90. The van der Waals surface area contributed by atoms with Gasteiger partial charge < -0.3 is 10.5 Å². The first-order valence-electron chi connectivity index (χ1n) is 5.88. The Labute approximate surface area is 116 Å². The van der Waals surface area contributed by atoms with Crippen molar-refractivity contribution in [2.24, 2.45) is 0 Å². The summed E-state index contributed by atoms with van der Waals surface area (Å²) in [5.41, 5.74) is 8.86. The van der Waals surface area contributed by atoms with Crippen LogP contribution in [0.5, 0.6) is 0 Å². The van der Waals surface area contributed by atoms with E-state index >= 15 is 0 Å². The van der Waals surface area contributed by atoms with E-state index < -0.39 is 0 Å². The van der Waals surface area contributed by atoms with Crippen molar-refractivity contribution in [2.45, 2.75) is 19.6 Å². The molecule has 2 aromatic carbocycles. The monoisotopic (exact) mass is 305 g/mol. The fraction of sp³-hybridized carbons (Fsp3) is 0.200. The van der Waals surface area contributed by atoms with Crippen LogP contribution in [0.25, 0.3) is 0 Å². The number of benzene rings is 2. The molecule has 0 saturated heterocycles. The van der Waals surface area contributed by atoms with Gasteiger partial charge in [-0.15, -0.1) is 0 Å². The number of ether oxygens (including phenoxy) is 1. The van der Waals surface area contributed by atoms with Crippen LogP contribution in [-0.4, -0.2) is 0 Å². The first kappa shape index (κ1) is 13.1. The number of nitrogen functional groups attached to an aromatic ring is 1. The molecule has 2 aromatic rings. The van der Waals surface area contributed by atoms with Crippen LogP contribution in [-0.2, 0) is 11.3 Å². The molecule has 1 unspecified atom stereocenters. The maximum Gasteiger partial charge on any atom is 0.0801 e. The maximum absolute atomic E-state index is 5.94. The summed E-state index contributed by atoms with van der Waals surface area (Å²) >= 11 is 3.49. The average Bonchev–Trinajstić information content (AvgIpc) is 2.39. The predicted octanol–water partition coefficient (Wildman–Crippen LogP) is 4.31. The molecule has 0 radical (unpaired) electrons. The van der Waals surface area contributed by atoms with Crippen molar-refractivity contribution in [3.8, 4) is 0 Å². The number of rotatable bonds is 4. The van der Waals surface area contributed by atoms with Gasteiger partial charge in [-0.05, 0) is 24.6 Å². The first-order valence-corrected chi connectivity index (χ1v) is 6.67. The molecule has 0 aromatic heterocycles. The van der Waals surface area contributed by atoms with Gasteiger partial charge >= 0.3 is 0 Å². The van der Waals surface area contributed by atoms with Crippen LogP contribution in [0.15, 0.2) is 53.0 Å². The fourth-order valence-corrected chi connectivity index (χ4v) is 2.25. The zero-order chi connectivity index (χ0) is 13.0. The lowest BCUT2D eigenvalue weighted by atomic mass is 10.1. The summed E-state index contributed by atoms with van der Waals surface area (Å²) in [6.45, 7) is 2.55. The second-order valence-corrected chi connectivity index (χ2v) is 5.03. The fourth-order valence-electron chi connectivity index (χ4n) is 1.76. The Kier molecular flexibility index (Phi) is 4.39. The van der Waals surface area contributed by atoms with E-state index in [1.165, 1.54) is 5.56 Å². The van der Waals surface area contributed by atoms with Gasteiger partial charge in [-0.2, -0.15) is 0 Å². The molecular formula is C15H16BrNO. The zero-order valence-electron chi connectivity index (χ0n) is 10.3. The van der Waals surface area contributed by atoms with Crippen molar-refractivity contribution in [1.29, 1.82) is 0 Å². The Morgan fingerprint density at radius 3 is 2.50 bits per heavy atom. The molecule has 0 bridgehead atoms. The molecule has 0 aliphatic carbocycles. The van der Waals surface area contributed by atoms with Gasteiger partial charge in [0.1, 0.15) is 0 Å². The van der Waals surface area contributed by atoms with Gasteiger partial charge in [0.15, 0.2) is 0 Å². The Hall–Kier alpha value is -1.32. The minimum Gasteiger partial charge on any atom is -0.398 e. The van der Waals surface area contributed by atoms with Crippen molar-refractivity contribution in [1.82, 2.24) is 0 Å². The molecule has 0 aliphatic rings. The van der Waals surface area contributed by atoms with Gasteiger partial charge in [-0.3, -0.25) is 0 Å². The number of hydrogen-bond donors (Lipinski definition) is 1. The molecule has 94 valence electrons. The van der Waals surface area contributed by atoms with Crippen molar-refractivity contribution in [3.05, 3.63) is 64.1 Å². The topological polar surface area (TPSA) is 35.2 Å². The molecule has 1 atom stereocenters. The standard InChI is InChI=1S/C15H16BrNO/c1-11(12-6-3-2-4-7-12)18-10-13-14(16)8-5-9-15(13)17/h2-9,11H,10,17H2,1H3. The van der Waals surface area contributed by atoms with E-state index in [-0.39, 0.29) is 6.10 Å². The van der Waals surface area contributed by atoms with Gasteiger partial charge in [-0.25, -0.2) is 0 Å². The number of anilines is 1. The molecular weight excluding hydrogens is 290 g/mol. The molecule has 2 N–H and O–H groups in total. The van der Waals surface area contributed by atoms with E-state index in [1.54, 1.807) is 0 Å². The lowest BCUT2D eigenvalue weighted by Gasteiger charge is -2.15. The smallest absolute Gasteiger partial charge is 0.0801 e. The van der Waals surface area contributed by atoms with Gasteiger partial charge in [0.05, 0.1) is 12.7 Å². The molecule has 0 saturated carbocycles. The second-order valence-electron chi connectivity index (χ2n) is 4.17. The molecule has 2 rings (SSSR count). The molecule has 3 heteroatoms. The minimum absolute atomic E-state index is 0.0534. The Morgan fingerprint density at radius 1 is 1.11 bits per heavy atom. The highest BCUT2D eigenvalue weighted by molar-refractivity contribution is 9.10. The van der Waals surface area contributed by atoms with Crippen LogP contribution < -0.4 is 5.73 Å². The molecule has 0 fully saturated rings. The van der Waals surface area contributed by atoms with E-state index in [1.807, 2.05) is 43.3 Å². The zero-order valence-corrected chi connectivity index (χ0v) is 11.9. The van der Waals surface area contributed by atoms with Crippen molar-refractivity contribution >= 4 is 21.6 Å². The van der Waals surface area contributed by atoms with E-state index in [2.05, 4.69) is 28.1 Å². The van der Waals surface area contributed by atoms with E-state index in [0.717, 1.165) is 15.7 Å². The maximum atomic E-state index is 5.94. The highest BCUT2D eigenvalue weighted by Gasteiger charge is 2.08. The van der Waals surface area contributed by atoms with Crippen LogP contribution in [0.3, 0.4) is 0 Å². The number of halogens is 1. The summed E-state index contributed by atoms with van der Waals surface area (Å²) in [5, 5.41) is 0. The van der Waals surface area contributed by atoms with Gasteiger partial charge in [0.25, 0.3) is 0 Å². The predicted molar refractivity (Wildman–Crippen MR) is 78.2 cm³/mol. The average molecular weight is 306 g/mol. The molecule has 0 amide bonds. The second kappa shape index (κ2) is 6.03. The molecule has 0 spiro atoms. The summed E-state index contributed by atoms with van der Waals surface area (Å²) in [6, 6.07) is 15.9. The third kappa shape index (κ3) is 3.12. The van der Waals surface area contributed by atoms with E-state index in [9.17, 15) is 0 Å². The minimum atomic E-state index is 0.0534. The summed E-state index contributed by atoms with van der Waals surface area (Å²) in [6.07, 6.45) is 0.0534. The Balaban J connectivity index is 2.04. The van der Waals surface area contributed by atoms with Crippen molar-refractivity contribution < 1.29 is 4.74 Å². The van der Waals surface area contributed by atoms with Crippen LogP contribution in [0.1, 0.15) is 24.2 Å². The van der Waals surface area contributed by atoms with Crippen molar-refractivity contribution in [3.63, 3.8) is 0 Å². The van der Waals surface area contributed by atoms with E-state index in [0.29, 0.717) is 6.61 Å². The van der Waals surface area contributed by atoms with Crippen molar-refractivity contribution in [2.75, 3.05) is 5.73 Å². The van der Waals surface area contributed by atoms with Gasteiger partial charge in [-0.1, -0.05) is 52.3 Å². The van der Waals surface area contributed by atoms with Crippen LogP contribution in [0, 0.1) is 0 Å². The lowest BCUT2D eigenvalue weighted by Crippen LogP contribution is -2.03. The SMILES string of the molecule is CC(OCc1c(N)cccc1Br)c1ccccc1. The first-order chi connectivity index (χ1) is 8.68. The van der Waals surface area contributed by atoms with Crippen LogP contribution in [0.2, 0.25) is 0 Å². The van der Waals surface area contributed by atoms with E-state index in [4.69, 9.17) is 10.5 Å².